The summed E-state index contributed by atoms with van der Waals surface area (Å²) in [6.45, 7) is 2.55. The number of anilines is 1. The number of carbonyl (C=O) groups is 1. The number of aromatic nitrogens is 2. The van der Waals surface area contributed by atoms with Crippen LogP contribution in [0, 0.1) is 11.6 Å². The molecule has 2 aromatic rings. The van der Waals surface area contributed by atoms with E-state index in [-0.39, 0.29) is 6.04 Å². The van der Waals surface area contributed by atoms with Crippen LogP contribution in [0.2, 0.25) is 0 Å². The fraction of sp³-hybridized carbons (Fsp3) is 0.350. The van der Waals surface area contributed by atoms with Gasteiger partial charge in [-0.2, -0.15) is 0 Å². The van der Waals surface area contributed by atoms with Crippen molar-refractivity contribution in [3.63, 3.8) is 0 Å². The molecule has 0 amide bonds. The lowest BCUT2D eigenvalue weighted by molar-refractivity contribution is -0.134. The van der Waals surface area contributed by atoms with Crippen LogP contribution in [0.15, 0.2) is 36.7 Å². The molecule has 8 heteroatoms. The molecule has 1 aromatic carbocycles. The van der Waals surface area contributed by atoms with Crippen LogP contribution in [-0.4, -0.2) is 53.6 Å². The van der Waals surface area contributed by atoms with E-state index >= 15 is 0 Å². The van der Waals surface area contributed by atoms with Gasteiger partial charge in [-0.25, -0.2) is 18.6 Å². The summed E-state index contributed by atoms with van der Waals surface area (Å²) >= 11 is 0. The first-order valence-electron chi connectivity index (χ1n) is 9.04. The Morgan fingerprint density at radius 1 is 1.32 bits per heavy atom. The van der Waals surface area contributed by atoms with Gasteiger partial charge in [-0.3, -0.25) is 4.98 Å². The van der Waals surface area contributed by atoms with Crippen LogP contribution in [0.1, 0.15) is 17.7 Å². The molecule has 1 fully saturated rings. The zero-order valence-electron chi connectivity index (χ0n) is 15.6. The summed E-state index contributed by atoms with van der Waals surface area (Å²) in [7, 11) is 1.31. The standard InChI is InChI=1S/C20H22F2N4O2/c1-28-20(27)5-3-15-11-24-19(12-23-15)25-16-7-9-26(13-16)8-6-14-2-4-17(21)18(22)10-14/h2-5,10-12,16H,6-9,13H2,1H3,(H,24,25)/t16-/m1/s1. The summed E-state index contributed by atoms with van der Waals surface area (Å²) in [4.78, 5) is 21.9. The average Bonchev–Trinajstić information content (AvgIpc) is 3.15. The quantitative estimate of drug-likeness (QED) is 0.581. The summed E-state index contributed by atoms with van der Waals surface area (Å²) in [5.74, 6) is -1.40. The second-order valence-electron chi connectivity index (χ2n) is 6.61. The number of likely N-dealkylation sites (tertiary alicyclic amines) is 1. The van der Waals surface area contributed by atoms with E-state index in [1.165, 1.54) is 31.4 Å². The molecule has 1 saturated heterocycles. The maximum absolute atomic E-state index is 13.3. The van der Waals surface area contributed by atoms with Gasteiger partial charge in [0.1, 0.15) is 5.82 Å². The maximum atomic E-state index is 13.3. The molecule has 0 saturated carbocycles. The van der Waals surface area contributed by atoms with Crippen molar-refractivity contribution < 1.29 is 18.3 Å². The predicted octanol–water partition coefficient (Wildman–Crippen LogP) is 2.67. The van der Waals surface area contributed by atoms with Gasteiger partial charge >= 0.3 is 5.97 Å². The molecule has 1 atom stereocenters. The minimum atomic E-state index is -0.817. The Morgan fingerprint density at radius 3 is 2.89 bits per heavy atom. The Kier molecular flexibility index (Phi) is 6.65. The number of halogens is 2. The first-order chi connectivity index (χ1) is 13.5. The normalized spacial score (nSPS) is 17.2. The van der Waals surface area contributed by atoms with Crippen LogP contribution in [0.25, 0.3) is 6.08 Å². The molecule has 0 bridgehead atoms. The molecule has 0 unspecified atom stereocenters. The van der Waals surface area contributed by atoms with Gasteiger partial charge in [-0.05, 0) is 36.6 Å². The van der Waals surface area contributed by atoms with Crippen molar-refractivity contribution in [2.75, 3.05) is 32.1 Å². The largest absolute Gasteiger partial charge is 0.466 e. The van der Waals surface area contributed by atoms with Crippen molar-refractivity contribution in [1.82, 2.24) is 14.9 Å². The van der Waals surface area contributed by atoms with E-state index in [4.69, 9.17) is 0 Å². The molecule has 0 aliphatic carbocycles. The Labute approximate surface area is 162 Å². The fourth-order valence-corrected chi connectivity index (χ4v) is 3.07. The molecular formula is C20H22F2N4O2. The van der Waals surface area contributed by atoms with Gasteiger partial charge in [0.2, 0.25) is 0 Å². The summed E-state index contributed by atoms with van der Waals surface area (Å²) in [6.07, 6.45) is 7.67. The molecule has 148 valence electrons. The van der Waals surface area contributed by atoms with Gasteiger partial charge in [0.05, 0.1) is 25.2 Å². The number of methoxy groups -OCH3 is 1. The van der Waals surface area contributed by atoms with Gasteiger partial charge in [0.25, 0.3) is 0 Å². The number of esters is 1. The number of hydrogen-bond donors (Lipinski definition) is 1. The third-order valence-electron chi connectivity index (χ3n) is 4.59. The van der Waals surface area contributed by atoms with Gasteiger partial charge < -0.3 is 15.0 Å². The molecule has 3 rings (SSSR count). The second-order valence-corrected chi connectivity index (χ2v) is 6.61. The van der Waals surface area contributed by atoms with E-state index in [0.717, 1.165) is 31.6 Å². The molecule has 1 aliphatic rings. The highest BCUT2D eigenvalue weighted by Gasteiger charge is 2.22. The lowest BCUT2D eigenvalue weighted by Crippen LogP contribution is -2.28. The highest BCUT2D eigenvalue weighted by molar-refractivity contribution is 5.86. The zero-order chi connectivity index (χ0) is 19.9. The Balaban J connectivity index is 1.45. The van der Waals surface area contributed by atoms with Crippen LogP contribution >= 0.6 is 0 Å². The Hall–Kier alpha value is -2.87. The summed E-state index contributed by atoms with van der Waals surface area (Å²) < 4.78 is 30.8. The molecular weight excluding hydrogens is 366 g/mol. The van der Waals surface area contributed by atoms with E-state index in [0.29, 0.717) is 17.9 Å². The summed E-state index contributed by atoms with van der Waals surface area (Å²) in [6, 6.07) is 4.29. The molecule has 28 heavy (non-hydrogen) atoms. The van der Waals surface area contributed by atoms with E-state index in [9.17, 15) is 13.6 Å². The SMILES string of the molecule is COC(=O)C=Cc1cnc(N[C@@H]2CCN(CCc3ccc(F)c(F)c3)C2)cn1. The molecule has 0 radical (unpaired) electrons. The van der Waals surface area contributed by atoms with Crippen molar-refractivity contribution in [2.24, 2.45) is 0 Å². The minimum absolute atomic E-state index is 0.246. The van der Waals surface area contributed by atoms with Crippen LogP contribution in [-0.2, 0) is 16.0 Å². The van der Waals surface area contributed by atoms with E-state index in [1.807, 2.05) is 0 Å². The van der Waals surface area contributed by atoms with Crippen LogP contribution in [0.3, 0.4) is 0 Å². The molecule has 1 aromatic heterocycles. The maximum Gasteiger partial charge on any atom is 0.330 e. The third kappa shape index (κ3) is 5.56. The van der Waals surface area contributed by atoms with Crippen LogP contribution < -0.4 is 5.32 Å². The van der Waals surface area contributed by atoms with Crippen LogP contribution in [0.4, 0.5) is 14.6 Å². The monoisotopic (exact) mass is 388 g/mol. The molecule has 6 nitrogen and oxygen atoms in total. The number of benzene rings is 1. The molecule has 1 N–H and O–H groups in total. The van der Waals surface area contributed by atoms with Crippen molar-refractivity contribution in [1.29, 1.82) is 0 Å². The van der Waals surface area contributed by atoms with E-state index < -0.39 is 17.6 Å². The first kappa shape index (κ1) is 19.9. The number of ether oxygens (including phenoxy) is 1. The van der Waals surface area contributed by atoms with Crippen molar-refractivity contribution in [3.05, 3.63) is 59.6 Å². The number of hydrogen-bond acceptors (Lipinski definition) is 6. The van der Waals surface area contributed by atoms with E-state index in [1.54, 1.807) is 18.5 Å². The molecule has 0 spiro atoms. The lowest BCUT2D eigenvalue weighted by Gasteiger charge is -2.17. The van der Waals surface area contributed by atoms with Gasteiger partial charge in [-0.15, -0.1) is 0 Å². The topological polar surface area (TPSA) is 67.3 Å². The highest BCUT2D eigenvalue weighted by Crippen LogP contribution is 2.16. The number of nitrogens with one attached hydrogen (secondary N) is 1. The first-order valence-corrected chi connectivity index (χ1v) is 9.04. The Morgan fingerprint density at radius 2 is 2.18 bits per heavy atom. The second kappa shape index (κ2) is 9.36. The summed E-state index contributed by atoms with van der Waals surface area (Å²) in [5.41, 5.74) is 1.35. The predicted molar refractivity (Wildman–Crippen MR) is 102 cm³/mol. The highest BCUT2D eigenvalue weighted by atomic mass is 19.2. The smallest absolute Gasteiger partial charge is 0.330 e. The molecule has 2 heterocycles. The number of rotatable bonds is 7. The van der Waals surface area contributed by atoms with Gasteiger partial charge in [-0.1, -0.05) is 6.07 Å². The van der Waals surface area contributed by atoms with Crippen molar-refractivity contribution in [2.45, 2.75) is 18.9 Å². The zero-order valence-corrected chi connectivity index (χ0v) is 15.6. The summed E-state index contributed by atoms with van der Waals surface area (Å²) in [5, 5.41) is 3.35. The number of carbonyl (C=O) groups excluding carboxylic acids is 1. The fourth-order valence-electron chi connectivity index (χ4n) is 3.07. The average molecular weight is 388 g/mol. The lowest BCUT2D eigenvalue weighted by atomic mass is 10.1. The van der Waals surface area contributed by atoms with Gasteiger partial charge in [0.15, 0.2) is 11.6 Å². The minimum Gasteiger partial charge on any atom is -0.466 e. The van der Waals surface area contributed by atoms with Crippen LogP contribution in [0.5, 0.6) is 0 Å². The van der Waals surface area contributed by atoms with Crippen molar-refractivity contribution >= 4 is 17.9 Å². The van der Waals surface area contributed by atoms with Gasteiger partial charge in [0, 0.05) is 31.8 Å². The van der Waals surface area contributed by atoms with E-state index in [2.05, 4.69) is 24.9 Å². The Bertz CT molecular complexity index is 843. The third-order valence-corrected chi connectivity index (χ3v) is 4.59. The van der Waals surface area contributed by atoms with Crippen molar-refractivity contribution in [3.8, 4) is 0 Å². The molecule has 1 aliphatic heterocycles. The number of nitrogens with zero attached hydrogens (tertiary/aromatic N) is 3.